The van der Waals surface area contributed by atoms with Gasteiger partial charge in [-0.05, 0) is 74.1 Å². The molecule has 0 bridgehead atoms. The molecular formula is C31H35F4N3O5S. The molecule has 0 saturated heterocycles. The first-order valence-electron chi connectivity index (χ1n) is 14.0. The predicted molar refractivity (Wildman–Crippen MR) is 157 cm³/mol. The van der Waals surface area contributed by atoms with Gasteiger partial charge in [0.2, 0.25) is 5.91 Å². The minimum absolute atomic E-state index is 0.118. The van der Waals surface area contributed by atoms with Crippen molar-refractivity contribution in [2.24, 2.45) is 5.92 Å². The molecule has 44 heavy (non-hydrogen) atoms. The van der Waals surface area contributed by atoms with Crippen LogP contribution in [-0.2, 0) is 34.0 Å². The number of aliphatic hydroxyl groups is 1. The summed E-state index contributed by atoms with van der Waals surface area (Å²) < 4.78 is 87.0. The maximum Gasteiger partial charge on any atom is 0.416 e. The van der Waals surface area contributed by atoms with E-state index in [-0.39, 0.29) is 42.0 Å². The van der Waals surface area contributed by atoms with Crippen molar-refractivity contribution in [2.45, 2.75) is 50.0 Å². The first-order valence-corrected chi connectivity index (χ1v) is 15.5. The van der Waals surface area contributed by atoms with Crippen LogP contribution in [-0.4, -0.2) is 68.1 Å². The molecule has 1 amide bonds. The van der Waals surface area contributed by atoms with Gasteiger partial charge in [0.25, 0.3) is 10.0 Å². The molecule has 238 valence electrons. The fourth-order valence-corrected chi connectivity index (χ4v) is 6.07. The molecule has 0 radical (unpaired) electrons. The van der Waals surface area contributed by atoms with Crippen LogP contribution in [0, 0.1) is 11.7 Å². The topological polar surface area (TPSA) is 99.2 Å². The van der Waals surface area contributed by atoms with Crippen molar-refractivity contribution in [3.63, 3.8) is 0 Å². The van der Waals surface area contributed by atoms with Gasteiger partial charge in [-0.3, -0.25) is 14.4 Å². The summed E-state index contributed by atoms with van der Waals surface area (Å²) in [6, 6.07) is 13.4. The van der Waals surface area contributed by atoms with Gasteiger partial charge in [0.1, 0.15) is 17.7 Å². The van der Waals surface area contributed by atoms with Gasteiger partial charge in [-0.25, -0.2) is 12.8 Å². The number of carbonyl (C=O) groups is 1. The summed E-state index contributed by atoms with van der Waals surface area (Å²) in [5.41, 5.74) is 0.555. The second-order valence-electron chi connectivity index (χ2n) is 11.2. The number of likely N-dealkylation sites (N-methyl/N-ethyl adjacent to an activating group) is 1. The van der Waals surface area contributed by atoms with Crippen molar-refractivity contribution in [1.29, 1.82) is 0 Å². The molecule has 0 saturated carbocycles. The van der Waals surface area contributed by atoms with E-state index in [4.69, 9.17) is 4.74 Å². The summed E-state index contributed by atoms with van der Waals surface area (Å²) in [6.07, 6.45) is -5.02. The summed E-state index contributed by atoms with van der Waals surface area (Å²) in [5, 5.41) is 9.86. The van der Waals surface area contributed by atoms with Crippen LogP contribution < -0.4 is 9.46 Å². The van der Waals surface area contributed by atoms with Gasteiger partial charge in [0, 0.05) is 36.8 Å². The normalized spacial score (nSPS) is 18.6. The number of halogens is 4. The highest BCUT2D eigenvalue weighted by molar-refractivity contribution is 7.92. The van der Waals surface area contributed by atoms with Crippen LogP contribution in [0.25, 0.3) is 0 Å². The third-order valence-electron chi connectivity index (χ3n) is 7.52. The number of sulfonamides is 1. The molecule has 2 N–H and O–H groups in total. The number of nitrogens with zero attached hydrogens (tertiary/aromatic N) is 2. The van der Waals surface area contributed by atoms with E-state index in [1.165, 1.54) is 24.3 Å². The Balaban J connectivity index is 1.60. The lowest BCUT2D eigenvalue weighted by Crippen LogP contribution is -2.47. The van der Waals surface area contributed by atoms with Crippen molar-refractivity contribution in [3.05, 3.63) is 89.2 Å². The standard InChI is InChI=1S/C31H35F4N3O5S/c1-20-16-38(21(2)19-39)30(40)15-23-14-26(36-44(41,42)27-11-8-25(32)9-12-27)10-13-28(23)43-29(20)18-37(3)17-22-4-6-24(7-5-22)31(33,34)35/h4-14,20-21,29,36,39H,15-19H2,1-3H3/t20-,21-,29-/m0/s1. The number of hydrogen-bond acceptors (Lipinski definition) is 6. The molecule has 0 aromatic heterocycles. The van der Waals surface area contributed by atoms with Crippen LogP contribution in [0.1, 0.15) is 30.5 Å². The summed E-state index contributed by atoms with van der Waals surface area (Å²) in [4.78, 5) is 16.8. The predicted octanol–water partition coefficient (Wildman–Crippen LogP) is 4.93. The Morgan fingerprint density at radius 3 is 2.36 bits per heavy atom. The van der Waals surface area contributed by atoms with E-state index in [2.05, 4.69) is 4.72 Å². The summed E-state index contributed by atoms with van der Waals surface area (Å²) in [5.74, 6) is -0.695. The Labute approximate surface area is 254 Å². The summed E-state index contributed by atoms with van der Waals surface area (Å²) in [6.45, 7) is 4.35. The first kappa shape index (κ1) is 33.2. The number of benzene rings is 3. The van der Waals surface area contributed by atoms with Gasteiger partial charge in [-0.1, -0.05) is 19.1 Å². The number of amides is 1. The van der Waals surface area contributed by atoms with Crippen molar-refractivity contribution >= 4 is 21.6 Å². The van der Waals surface area contributed by atoms with E-state index in [1.54, 1.807) is 17.9 Å². The Kier molecular flexibility index (Phi) is 10.2. The van der Waals surface area contributed by atoms with E-state index in [9.17, 15) is 35.9 Å². The van der Waals surface area contributed by atoms with Crippen molar-refractivity contribution in [3.8, 4) is 5.75 Å². The largest absolute Gasteiger partial charge is 0.488 e. The Morgan fingerprint density at radius 2 is 1.75 bits per heavy atom. The lowest BCUT2D eigenvalue weighted by Gasteiger charge is -2.34. The van der Waals surface area contributed by atoms with E-state index in [0.717, 1.165) is 36.4 Å². The maximum absolute atomic E-state index is 13.4. The van der Waals surface area contributed by atoms with Gasteiger partial charge in [0.05, 0.1) is 29.5 Å². The van der Waals surface area contributed by atoms with Crippen molar-refractivity contribution in [2.75, 3.05) is 31.5 Å². The monoisotopic (exact) mass is 637 g/mol. The van der Waals surface area contributed by atoms with E-state index in [1.807, 2.05) is 18.9 Å². The lowest BCUT2D eigenvalue weighted by molar-refractivity contribution is -0.137. The minimum atomic E-state index is -4.42. The highest BCUT2D eigenvalue weighted by Gasteiger charge is 2.32. The molecule has 13 heteroatoms. The molecule has 3 aromatic carbocycles. The Hall–Kier alpha value is -3.68. The molecule has 0 unspecified atom stereocenters. The highest BCUT2D eigenvalue weighted by Crippen LogP contribution is 2.31. The zero-order chi connectivity index (χ0) is 32.2. The summed E-state index contributed by atoms with van der Waals surface area (Å²) in [7, 11) is -2.24. The second kappa shape index (κ2) is 13.5. The third-order valence-corrected chi connectivity index (χ3v) is 8.92. The number of hydrogen-bond donors (Lipinski definition) is 2. The van der Waals surface area contributed by atoms with Gasteiger partial charge < -0.3 is 14.7 Å². The molecule has 0 fully saturated rings. The molecule has 3 aromatic rings. The number of carbonyl (C=O) groups excluding carboxylic acids is 1. The zero-order valence-corrected chi connectivity index (χ0v) is 25.3. The molecule has 1 aliphatic heterocycles. The molecule has 0 aliphatic carbocycles. The fourth-order valence-electron chi connectivity index (χ4n) is 5.02. The van der Waals surface area contributed by atoms with E-state index < -0.39 is 39.7 Å². The number of nitrogens with one attached hydrogen (secondary N) is 1. The van der Waals surface area contributed by atoms with Crippen LogP contribution in [0.2, 0.25) is 0 Å². The van der Waals surface area contributed by atoms with Crippen LogP contribution in [0.3, 0.4) is 0 Å². The lowest BCUT2D eigenvalue weighted by atomic mass is 10.0. The molecule has 0 spiro atoms. The smallest absolute Gasteiger partial charge is 0.416 e. The van der Waals surface area contributed by atoms with Gasteiger partial charge in [-0.2, -0.15) is 13.2 Å². The van der Waals surface area contributed by atoms with Crippen LogP contribution in [0.4, 0.5) is 23.2 Å². The van der Waals surface area contributed by atoms with Crippen LogP contribution >= 0.6 is 0 Å². The number of alkyl halides is 3. The number of ether oxygens (including phenoxy) is 1. The molecular weight excluding hydrogens is 602 g/mol. The summed E-state index contributed by atoms with van der Waals surface area (Å²) >= 11 is 0. The van der Waals surface area contributed by atoms with Gasteiger partial charge in [-0.15, -0.1) is 0 Å². The highest BCUT2D eigenvalue weighted by atomic mass is 32.2. The third kappa shape index (κ3) is 8.27. The SMILES string of the molecule is C[C@H]1CN([C@@H](C)CO)C(=O)Cc2cc(NS(=O)(=O)c3ccc(F)cc3)ccc2O[C@H]1CN(C)Cc1ccc(C(F)(F)F)cc1. The molecule has 8 nitrogen and oxygen atoms in total. The Bertz CT molecular complexity index is 1550. The first-order chi connectivity index (χ1) is 20.7. The molecule has 1 aliphatic rings. The van der Waals surface area contributed by atoms with Gasteiger partial charge in [0.15, 0.2) is 0 Å². The average Bonchev–Trinajstić information content (AvgIpc) is 3.00. The number of aliphatic hydroxyl groups excluding tert-OH is 1. The van der Waals surface area contributed by atoms with E-state index in [0.29, 0.717) is 30.0 Å². The van der Waals surface area contributed by atoms with Crippen LogP contribution in [0.5, 0.6) is 5.75 Å². The molecule has 1 heterocycles. The second-order valence-corrected chi connectivity index (χ2v) is 12.8. The van der Waals surface area contributed by atoms with E-state index >= 15 is 0 Å². The Morgan fingerprint density at radius 1 is 1.09 bits per heavy atom. The molecule has 4 rings (SSSR count). The zero-order valence-electron chi connectivity index (χ0n) is 24.5. The number of rotatable bonds is 9. The van der Waals surface area contributed by atoms with Gasteiger partial charge >= 0.3 is 6.18 Å². The fraction of sp³-hybridized carbons (Fsp3) is 0.387. The number of fused-ring (bicyclic) bond motifs is 1. The van der Waals surface area contributed by atoms with Crippen molar-refractivity contribution in [1.82, 2.24) is 9.80 Å². The number of anilines is 1. The minimum Gasteiger partial charge on any atom is -0.488 e. The quantitative estimate of drug-likeness (QED) is 0.323. The van der Waals surface area contributed by atoms with Crippen LogP contribution in [0.15, 0.2) is 71.6 Å². The maximum atomic E-state index is 13.4. The average molecular weight is 638 g/mol. The van der Waals surface area contributed by atoms with Crippen molar-refractivity contribution < 1.29 is 40.6 Å². The molecule has 3 atom stereocenters.